The van der Waals surface area contributed by atoms with Crippen LogP contribution in [0.1, 0.15) is 49.7 Å². The second kappa shape index (κ2) is 12.9. The lowest BCUT2D eigenvalue weighted by Gasteiger charge is -2.07. The van der Waals surface area contributed by atoms with Crippen molar-refractivity contribution < 1.29 is 31.8 Å². The molecule has 0 atom stereocenters. The number of ether oxygens (including phenoxy) is 2. The van der Waals surface area contributed by atoms with E-state index in [0.717, 1.165) is 37.8 Å². The molecule has 164 valence electrons. The molecule has 0 spiro atoms. The van der Waals surface area contributed by atoms with Crippen LogP contribution in [0.4, 0.5) is 22.4 Å². The Hall–Kier alpha value is -2.57. The summed E-state index contributed by atoms with van der Waals surface area (Å²) in [6, 6.07) is 6.93. The number of halogens is 4. The molecule has 0 amide bonds. The second-order valence-electron chi connectivity index (χ2n) is 7.12. The Morgan fingerprint density at radius 2 is 0.933 bits per heavy atom. The van der Waals surface area contributed by atoms with E-state index in [-0.39, 0.29) is 13.2 Å². The van der Waals surface area contributed by atoms with Crippen molar-refractivity contribution in [1.82, 2.24) is 0 Å². The van der Waals surface area contributed by atoms with Gasteiger partial charge in [-0.05, 0) is 86.8 Å². The van der Waals surface area contributed by atoms with Crippen LogP contribution in [-0.4, -0.2) is 19.4 Å². The van der Waals surface area contributed by atoms with Crippen LogP contribution in [0, 0.1) is 23.3 Å². The summed E-state index contributed by atoms with van der Waals surface area (Å²) in [7, 11) is 0. The molecule has 0 aliphatic rings. The number of carbonyl (C=O) groups is 1. The minimum absolute atomic E-state index is 0.224. The Bertz CT molecular complexity index is 705. The van der Waals surface area contributed by atoms with E-state index >= 15 is 0 Å². The quantitative estimate of drug-likeness (QED) is 0.220. The average molecular weight is 426 g/mol. The molecule has 0 aliphatic heterocycles. The number of benzene rings is 2. The zero-order valence-electron chi connectivity index (χ0n) is 16.8. The Morgan fingerprint density at radius 3 is 1.30 bits per heavy atom. The van der Waals surface area contributed by atoms with Crippen molar-refractivity contribution in [2.75, 3.05) is 13.2 Å². The van der Waals surface area contributed by atoms with E-state index in [1.54, 1.807) is 0 Å². The van der Waals surface area contributed by atoms with Gasteiger partial charge in [-0.1, -0.05) is 0 Å². The molecule has 0 aromatic heterocycles. The summed E-state index contributed by atoms with van der Waals surface area (Å²) < 4.78 is 62.3. The third-order valence-corrected chi connectivity index (χ3v) is 4.50. The number of hydrogen-bond donors (Lipinski definition) is 0. The minimum Gasteiger partial charge on any atom is -0.434 e. The molecule has 2 rings (SSSR count). The summed E-state index contributed by atoms with van der Waals surface area (Å²) in [6.07, 6.45) is 4.64. The standard InChI is InChI=1S/C23H26F4O3/c24-19-11-17(12-20(25)15-19)7-3-1-5-9-29-23(28)30-10-6-2-4-8-18-13-21(26)16-22(27)14-18/h11-16H,1-10H2. The molecule has 0 N–H and O–H groups in total. The molecule has 7 heteroatoms. The van der Waals surface area contributed by atoms with Crippen LogP contribution in [-0.2, 0) is 22.3 Å². The molecule has 0 bridgehead atoms. The lowest BCUT2D eigenvalue weighted by atomic mass is 10.1. The fourth-order valence-electron chi connectivity index (χ4n) is 3.08. The van der Waals surface area contributed by atoms with E-state index in [1.165, 1.54) is 24.3 Å². The van der Waals surface area contributed by atoms with E-state index in [2.05, 4.69) is 0 Å². The molecule has 30 heavy (non-hydrogen) atoms. The highest BCUT2D eigenvalue weighted by Crippen LogP contribution is 2.13. The Balaban J connectivity index is 1.44. The first-order valence-corrected chi connectivity index (χ1v) is 10.1. The van der Waals surface area contributed by atoms with Crippen molar-refractivity contribution in [2.45, 2.75) is 51.4 Å². The van der Waals surface area contributed by atoms with Gasteiger partial charge in [0.15, 0.2) is 0 Å². The van der Waals surface area contributed by atoms with Gasteiger partial charge >= 0.3 is 6.16 Å². The molecule has 0 saturated carbocycles. The average Bonchev–Trinajstić information content (AvgIpc) is 2.65. The number of hydrogen-bond acceptors (Lipinski definition) is 3. The minimum atomic E-state index is -0.727. The number of aryl methyl sites for hydroxylation is 2. The fraction of sp³-hybridized carbons (Fsp3) is 0.435. The van der Waals surface area contributed by atoms with Crippen LogP contribution in [0.25, 0.3) is 0 Å². The zero-order valence-corrected chi connectivity index (χ0v) is 16.8. The van der Waals surface area contributed by atoms with E-state index in [0.29, 0.717) is 36.8 Å². The predicted octanol–water partition coefficient (Wildman–Crippen LogP) is 6.52. The van der Waals surface area contributed by atoms with Crippen molar-refractivity contribution in [3.63, 3.8) is 0 Å². The molecule has 0 saturated heterocycles. The monoisotopic (exact) mass is 426 g/mol. The maximum absolute atomic E-state index is 13.1. The lowest BCUT2D eigenvalue weighted by molar-refractivity contribution is 0.0529. The SMILES string of the molecule is O=C(OCCCCCc1cc(F)cc(F)c1)OCCCCCc1cc(F)cc(F)c1. The van der Waals surface area contributed by atoms with Crippen molar-refractivity contribution in [2.24, 2.45) is 0 Å². The first-order valence-electron chi connectivity index (χ1n) is 10.1. The maximum Gasteiger partial charge on any atom is 0.508 e. The van der Waals surface area contributed by atoms with Crippen LogP contribution in [0.15, 0.2) is 36.4 Å². The highest BCUT2D eigenvalue weighted by atomic mass is 19.1. The first-order chi connectivity index (χ1) is 14.4. The van der Waals surface area contributed by atoms with E-state index in [9.17, 15) is 22.4 Å². The molecule has 2 aromatic carbocycles. The maximum atomic E-state index is 13.1. The lowest BCUT2D eigenvalue weighted by Crippen LogP contribution is -2.09. The molecular formula is C23H26F4O3. The summed E-state index contributed by atoms with van der Waals surface area (Å²) in [6.45, 7) is 0.447. The molecule has 0 heterocycles. The summed E-state index contributed by atoms with van der Waals surface area (Å²) in [5.74, 6) is -2.34. The summed E-state index contributed by atoms with van der Waals surface area (Å²) >= 11 is 0. The smallest absolute Gasteiger partial charge is 0.434 e. The van der Waals surface area contributed by atoms with Crippen molar-refractivity contribution in [1.29, 1.82) is 0 Å². The van der Waals surface area contributed by atoms with Crippen LogP contribution in [0.5, 0.6) is 0 Å². The fourth-order valence-corrected chi connectivity index (χ4v) is 3.08. The molecule has 3 nitrogen and oxygen atoms in total. The summed E-state index contributed by atoms with van der Waals surface area (Å²) in [5, 5.41) is 0. The summed E-state index contributed by atoms with van der Waals surface area (Å²) in [5.41, 5.74) is 1.21. The van der Waals surface area contributed by atoms with Crippen molar-refractivity contribution >= 4 is 6.16 Å². The zero-order chi connectivity index (χ0) is 21.8. The largest absolute Gasteiger partial charge is 0.508 e. The topological polar surface area (TPSA) is 35.5 Å². The first kappa shape index (κ1) is 23.7. The van der Waals surface area contributed by atoms with Gasteiger partial charge in [-0.25, -0.2) is 22.4 Å². The van der Waals surface area contributed by atoms with Gasteiger partial charge in [0.25, 0.3) is 0 Å². The molecule has 0 fully saturated rings. The third kappa shape index (κ3) is 9.76. The van der Waals surface area contributed by atoms with Crippen LogP contribution in [0.3, 0.4) is 0 Å². The summed E-state index contributed by atoms with van der Waals surface area (Å²) in [4.78, 5) is 11.5. The third-order valence-electron chi connectivity index (χ3n) is 4.50. The highest BCUT2D eigenvalue weighted by Gasteiger charge is 2.05. The van der Waals surface area contributed by atoms with Gasteiger partial charge in [-0.15, -0.1) is 0 Å². The molecule has 0 radical (unpaired) electrons. The van der Waals surface area contributed by atoms with Crippen LogP contribution in [0.2, 0.25) is 0 Å². The van der Waals surface area contributed by atoms with Gasteiger partial charge in [-0.3, -0.25) is 0 Å². The molecule has 2 aromatic rings. The van der Waals surface area contributed by atoms with Gasteiger partial charge in [0, 0.05) is 12.1 Å². The molecular weight excluding hydrogens is 400 g/mol. The van der Waals surface area contributed by atoms with Gasteiger partial charge in [-0.2, -0.15) is 0 Å². The normalized spacial score (nSPS) is 10.8. The Morgan fingerprint density at radius 1 is 0.567 bits per heavy atom. The van der Waals surface area contributed by atoms with Gasteiger partial charge in [0.05, 0.1) is 13.2 Å². The number of unbranched alkanes of at least 4 members (excludes halogenated alkanes) is 4. The number of carbonyl (C=O) groups excluding carboxylic acids is 1. The second-order valence-corrected chi connectivity index (χ2v) is 7.12. The van der Waals surface area contributed by atoms with E-state index in [4.69, 9.17) is 9.47 Å². The van der Waals surface area contributed by atoms with E-state index in [1.807, 2.05) is 0 Å². The van der Waals surface area contributed by atoms with Crippen LogP contribution < -0.4 is 0 Å². The number of rotatable bonds is 12. The van der Waals surface area contributed by atoms with Crippen molar-refractivity contribution in [3.05, 3.63) is 70.8 Å². The van der Waals surface area contributed by atoms with Gasteiger partial charge in [0.2, 0.25) is 0 Å². The Labute approximate surface area is 174 Å². The van der Waals surface area contributed by atoms with E-state index < -0.39 is 29.4 Å². The molecule has 0 unspecified atom stereocenters. The van der Waals surface area contributed by atoms with Gasteiger partial charge < -0.3 is 9.47 Å². The van der Waals surface area contributed by atoms with Gasteiger partial charge in [0.1, 0.15) is 23.3 Å². The molecule has 0 aliphatic carbocycles. The highest BCUT2D eigenvalue weighted by molar-refractivity contribution is 5.59. The van der Waals surface area contributed by atoms with Crippen molar-refractivity contribution in [3.8, 4) is 0 Å². The van der Waals surface area contributed by atoms with Crippen LogP contribution >= 0.6 is 0 Å². The predicted molar refractivity (Wildman–Crippen MR) is 105 cm³/mol. The Kier molecular flexibility index (Phi) is 10.2.